The van der Waals surface area contributed by atoms with Crippen LogP contribution in [-0.4, -0.2) is 68.7 Å². The van der Waals surface area contributed by atoms with E-state index in [0.717, 1.165) is 12.0 Å². The molecule has 0 radical (unpaired) electrons. The molecule has 4 rings (SSSR count). The second-order valence-corrected chi connectivity index (χ2v) is 9.80. The van der Waals surface area contributed by atoms with Crippen LogP contribution in [0, 0.1) is 0 Å². The van der Waals surface area contributed by atoms with Gasteiger partial charge in [-0.1, -0.05) is 11.6 Å². The number of methoxy groups -OCH3 is 2. The monoisotopic (exact) mass is 528 g/mol. The number of fused-ring (bicyclic) bond motifs is 1. The second-order valence-electron chi connectivity index (χ2n) is 8.36. The van der Waals surface area contributed by atoms with Gasteiger partial charge in [-0.15, -0.1) is 11.3 Å². The van der Waals surface area contributed by atoms with E-state index in [1.807, 2.05) is 22.4 Å². The largest absolute Gasteiger partial charge is 0.497 e. The normalized spacial score (nSPS) is 14.8. The van der Waals surface area contributed by atoms with Crippen LogP contribution in [0.2, 0.25) is 5.02 Å². The van der Waals surface area contributed by atoms with Gasteiger partial charge in [-0.2, -0.15) is 0 Å². The standard InChI is InChI=1S/C27H29ClN2O5S/c1-33-15-14-29(27(32)19-3-7-21(34-2)8-4-19)17-26(31)30-13-11-25-23(12-16-36-25)24(30)18-35-22-9-5-20(28)6-10-22/h3-10,12,16,24H,11,13-15,17-18H2,1-2H3. The smallest absolute Gasteiger partial charge is 0.254 e. The summed E-state index contributed by atoms with van der Waals surface area (Å²) in [6, 6.07) is 15.8. The lowest BCUT2D eigenvalue weighted by Gasteiger charge is -2.37. The summed E-state index contributed by atoms with van der Waals surface area (Å²) in [5, 5.41) is 2.68. The average molecular weight is 529 g/mol. The molecule has 0 N–H and O–H groups in total. The molecule has 36 heavy (non-hydrogen) atoms. The highest BCUT2D eigenvalue weighted by Gasteiger charge is 2.33. The Hall–Kier alpha value is -3.07. The van der Waals surface area contributed by atoms with E-state index in [1.54, 1.807) is 62.0 Å². The molecule has 2 heterocycles. The van der Waals surface area contributed by atoms with Gasteiger partial charge in [0, 0.05) is 35.7 Å². The van der Waals surface area contributed by atoms with Gasteiger partial charge >= 0.3 is 0 Å². The fraction of sp³-hybridized carbons (Fsp3) is 0.333. The quantitative estimate of drug-likeness (QED) is 0.381. The van der Waals surface area contributed by atoms with Crippen LogP contribution in [-0.2, 0) is 16.0 Å². The van der Waals surface area contributed by atoms with Crippen LogP contribution in [0.3, 0.4) is 0 Å². The van der Waals surface area contributed by atoms with E-state index in [2.05, 4.69) is 6.07 Å². The Morgan fingerprint density at radius 2 is 1.78 bits per heavy atom. The molecule has 0 saturated carbocycles. The topological polar surface area (TPSA) is 68.3 Å². The van der Waals surface area contributed by atoms with E-state index >= 15 is 0 Å². The van der Waals surface area contributed by atoms with E-state index in [4.69, 9.17) is 25.8 Å². The predicted molar refractivity (Wildman–Crippen MR) is 140 cm³/mol. The molecule has 1 atom stereocenters. The van der Waals surface area contributed by atoms with Crippen molar-refractivity contribution in [2.45, 2.75) is 12.5 Å². The number of halogens is 1. The fourth-order valence-corrected chi connectivity index (χ4v) is 5.26. The summed E-state index contributed by atoms with van der Waals surface area (Å²) < 4.78 is 16.5. The molecule has 2 aromatic carbocycles. The number of carbonyl (C=O) groups is 2. The maximum absolute atomic E-state index is 13.6. The van der Waals surface area contributed by atoms with Crippen molar-refractivity contribution in [2.75, 3.05) is 47.1 Å². The van der Waals surface area contributed by atoms with Crippen LogP contribution in [0.15, 0.2) is 60.0 Å². The third-order valence-electron chi connectivity index (χ3n) is 6.15. The minimum absolute atomic E-state index is 0.0505. The van der Waals surface area contributed by atoms with E-state index in [1.165, 1.54) is 9.78 Å². The number of ether oxygens (including phenoxy) is 3. The first-order valence-corrected chi connectivity index (χ1v) is 12.9. The Bertz CT molecular complexity index is 1170. The molecule has 1 aliphatic heterocycles. The van der Waals surface area contributed by atoms with E-state index in [-0.39, 0.29) is 24.4 Å². The lowest BCUT2D eigenvalue weighted by atomic mass is 10.0. The minimum Gasteiger partial charge on any atom is -0.497 e. The number of thiophene rings is 1. The van der Waals surface area contributed by atoms with Crippen molar-refractivity contribution in [1.82, 2.24) is 9.80 Å². The van der Waals surface area contributed by atoms with Crippen LogP contribution in [0.5, 0.6) is 11.5 Å². The number of carbonyl (C=O) groups excluding carboxylic acids is 2. The van der Waals surface area contributed by atoms with Crippen molar-refractivity contribution >= 4 is 34.8 Å². The number of amides is 2. The van der Waals surface area contributed by atoms with Gasteiger partial charge in [-0.3, -0.25) is 9.59 Å². The number of hydrogen-bond acceptors (Lipinski definition) is 6. The van der Waals surface area contributed by atoms with E-state index in [9.17, 15) is 9.59 Å². The van der Waals surface area contributed by atoms with Gasteiger partial charge in [-0.05, 0) is 72.0 Å². The first-order chi connectivity index (χ1) is 17.5. The first kappa shape index (κ1) is 26.0. The summed E-state index contributed by atoms with van der Waals surface area (Å²) in [7, 11) is 3.15. The van der Waals surface area contributed by atoms with Crippen LogP contribution < -0.4 is 9.47 Å². The number of rotatable bonds is 10. The number of hydrogen-bond donors (Lipinski definition) is 0. The summed E-state index contributed by atoms with van der Waals surface area (Å²) in [6.07, 6.45) is 0.778. The molecule has 1 aromatic heterocycles. The van der Waals surface area contributed by atoms with Crippen molar-refractivity contribution in [3.05, 3.63) is 81.0 Å². The zero-order chi connectivity index (χ0) is 25.5. The van der Waals surface area contributed by atoms with Crippen molar-refractivity contribution in [1.29, 1.82) is 0 Å². The molecular weight excluding hydrogens is 500 g/mol. The molecule has 0 bridgehead atoms. The number of nitrogens with zero attached hydrogens (tertiary/aromatic N) is 2. The Balaban J connectivity index is 1.51. The average Bonchev–Trinajstić information content (AvgIpc) is 3.39. The summed E-state index contributed by atoms with van der Waals surface area (Å²) in [6.45, 7) is 1.45. The second kappa shape index (κ2) is 12.3. The van der Waals surface area contributed by atoms with Gasteiger partial charge in [0.2, 0.25) is 5.91 Å². The highest BCUT2D eigenvalue weighted by molar-refractivity contribution is 7.10. The van der Waals surface area contributed by atoms with Crippen molar-refractivity contribution < 1.29 is 23.8 Å². The Morgan fingerprint density at radius 3 is 2.47 bits per heavy atom. The van der Waals surface area contributed by atoms with Crippen LogP contribution in [0.4, 0.5) is 0 Å². The van der Waals surface area contributed by atoms with Gasteiger partial charge in [0.25, 0.3) is 5.91 Å². The molecule has 1 aliphatic rings. The summed E-state index contributed by atoms with van der Waals surface area (Å²) >= 11 is 7.69. The van der Waals surface area contributed by atoms with Gasteiger partial charge in [0.1, 0.15) is 24.7 Å². The molecule has 7 nitrogen and oxygen atoms in total. The molecule has 3 aromatic rings. The lowest BCUT2D eigenvalue weighted by molar-refractivity contribution is -0.135. The van der Waals surface area contributed by atoms with Crippen molar-refractivity contribution in [2.24, 2.45) is 0 Å². The Kier molecular flexibility index (Phi) is 8.85. The number of benzene rings is 2. The fourth-order valence-electron chi connectivity index (χ4n) is 4.20. The lowest BCUT2D eigenvalue weighted by Crippen LogP contribution is -2.48. The highest BCUT2D eigenvalue weighted by atomic mass is 35.5. The maximum atomic E-state index is 13.6. The highest BCUT2D eigenvalue weighted by Crippen LogP contribution is 2.34. The molecule has 2 amide bonds. The van der Waals surface area contributed by atoms with E-state index < -0.39 is 0 Å². The molecule has 0 saturated heterocycles. The van der Waals surface area contributed by atoms with Gasteiger partial charge in [-0.25, -0.2) is 0 Å². The summed E-state index contributed by atoms with van der Waals surface area (Å²) in [5.74, 6) is 0.986. The zero-order valence-electron chi connectivity index (χ0n) is 20.3. The molecule has 0 spiro atoms. The third-order valence-corrected chi connectivity index (χ3v) is 7.40. The first-order valence-electron chi connectivity index (χ1n) is 11.7. The van der Waals surface area contributed by atoms with Crippen LogP contribution in [0.25, 0.3) is 0 Å². The van der Waals surface area contributed by atoms with Crippen LogP contribution in [0.1, 0.15) is 26.8 Å². The molecule has 0 aliphatic carbocycles. The molecule has 9 heteroatoms. The molecule has 1 unspecified atom stereocenters. The van der Waals surface area contributed by atoms with Crippen molar-refractivity contribution in [3.8, 4) is 11.5 Å². The van der Waals surface area contributed by atoms with Crippen molar-refractivity contribution in [3.63, 3.8) is 0 Å². The Morgan fingerprint density at radius 1 is 1.06 bits per heavy atom. The van der Waals surface area contributed by atoms with Gasteiger partial charge < -0.3 is 24.0 Å². The van der Waals surface area contributed by atoms with Crippen LogP contribution >= 0.6 is 22.9 Å². The molecule has 190 valence electrons. The third kappa shape index (κ3) is 6.19. The minimum atomic E-state index is -0.247. The van der Waals surface area contributed by atoms with E-state index in [0.29, 0.717) is 48.4 Å². The zero-order valence-corrected chi connectivity index (χ0v) is 21.9. The predicted octanol–water partition coefficient (Wildman–Crippen LogP) is 4.70. The SMILES string of the molecule is COCCN(CC(=O)N1CCc2sccc2C1COc1ccc(Cl)cc1)C(=O)c1ccc(OC)cc1. The van der Waals surface area contributed by atoms with Gasteiger partial charge in [0.05, 0.1) is 19.8 Å². The maximum Gasteiger partial charge on any atom is 0.254 e. The molecule has 0 fully saturated rings. The summed E-state index contributed by atoms with van der Waals surface area (Å²) in [5.41, 5.74) is 1.58. The molecular formula is C27H29ClN2O5S. The van der Waals surface area contributed by atoms with Gasteiger partial charge in [0.15, 0.2) is 0 Å². The Labute approximate surface area is 220 Å². The summed E-state index contributed by atoms with van der Waals surface area (Å²) in [4.78, 5) is 31.5.